The van der Waals surface area contributed by atoms with Gasteiger partial charge in [0.2, 0.25) is 0 Å². The molecular weight excluding hydrogens is 372 g/mol. The van der Waals surface area contributed by atoms with E-state index in [9.17, 15) is 0 Å². The molecular formula is H2BaO6PdS. The van der Waals surface area contributed by atoms with Crippen molar-refractivity contribution in [3.8, 4) is 0 Å². The third-order valence-electron chi connectivity index (χ3n) is 0. The summed E-state index contributed by atoms with van der Waals surface area (Å²) in [6.45, 7) is 0. The van der Waals surface area contributed by atoms with Crippen molar-refractivity contribution in [3.05, 3.63) is 0 Å². The van der Waals surface area contributed by atoms with Gasteiger partial charge in [0.05, 0.1) is 0 Å². The zero-order valence-electron chi connectivity index (χ0n) is 3.96. The monoisotopic (exact) mass is 374 g/mol. The summed E-state index contributed by atoms with van der Waals surface area (Å²) in [5.74, 6) is 0. The van der Waals surface area contributed by atoms with Gasteiger partial charge in [-0.1, -0.05) is 0 Å². The van der Waals surface area contributed by atoms with E-state index < -0.39 is 10.4 Å². The molecule has 0 aliphatic heterocycles. The second-order valence-corrected chi connectivity index (χ2v) is 1.22. The zero-order chi connectivity index (χ0) is 4.50. The van der Waals surface area contributed by atoms with E-state index in [1.165, 1.54) is 0 Å². The van der Waals surface area contributed by atoms with Gasteiger partial charge in [0.25, 0.3) is 0 Å². The second-order valence-electron chi connectivity index (χ2n) is 0.408. The van der Waals surface area contributed by atoms with E-state index in [4.69, 9.17) is 17.5 Å². The third kappa shape index (κ3) is 158. The van der Waals surface area contributed by atoms with Crippen LogP contribution in [-0.2, 0) is 30.8 Å². The first-order valence-corrected chi connectivity index (χ1v) is 2.00. The van der Waals surface area contributed by atoms with Crippen LogP contribution in [0, 0.1) is 0 Å². The molecule has 0 unspecified atom stereocenters. The van der Waals surface area contributed by atoms with E-state index in [1.54, 1.807) is 0 Å². The zero-order valence-corrected chi connectivity index (χ0v) is 10.8. The molecule has 0 heterocycles. The van der Waals surface area contributed by atoms with Crippen LogP contribution in [0.5, 0.6) is 0 Å². The van der Waals surface area contributed by atoms with Crippen molar-refractivity contribution in [2.75, 3.05) is 0 Å². The standard InChI is InChI=1S/Ba.H2O4S.2H2O.Pd/c;1-5(2,3)4;;;/h;(H2,1,2,3,4);2*1H2;/q+2;;;;+2/p-4. The van der Waals surface area contributed by atoms with E-state index in [2.05, 4.69) is 0 Å². The van der Waals surface area contributed by atoms with E-state index in [0.29, 0.717) is 0 Å². The van der Waals surface area contributed by atoms with E-state index in [-0.39, 0.29) is 80.3 Å². The molecule has 0 atom stereocenters. The molecule has 56 valence electrons. The maximum absolute atomic E-state index is 8.52. The van der Waals surface area contributed by atoms with Crippen molar-refractivity contribution in [2.45, 2.75) is 0 Å². The topological polar surface area (TPSA) is 140 Å². The molecule has 6 nitrogen and oxygen atoms in total. The SMILES string of the molecule is O=S(=O)([O-])[O-].[Ba+2].[OH-].[OH-].[Pd+2]. The van der Waals surface area contributed by atoms with Gasteiger partial charge in [0.1, 0.15) is 0 Å². The van der Waals surface area contributed by atoms with Crippen molar-refractivity contribution in [2.24, 2.45) is 0 Å². The van der Waals surface area contributed by atoms with Crippen LogP contribution in [0.2, 0.25) is 0 Å². The molecule has 0 aliphatic rings. The number of rotatable bonds is 0. The number of hydrogen-bond acceptors (Lipinski definition) is 6. The summed E-state index contributed by atoms with van der Waals surface area (Å²) < 4.78 is 34.1. The van der Waals surface area contributed by atoms with E-state index in [1.807, 2.05) is 0 Å². The summed E-state index contributed by atoms with van der Waals surface area (Å²) >= 11 is 0. The van der Waals surface area contributed by atoms with Crippen LogP contribution in [-0.4, -0.2) is 77.4 Å². The minimum absolute atomic E-state index is 0. The first-order chi connectivity index (χ1) is 2.00. The summed E-state index contributed by atoms with van der Waals surface area (Å²) in [4.78, 5) is 0. The predicted molar refractivity (Wildman–Crippen MR) is 20.1 cm³/mol. The first-order valence-electron chi connectivity index (χ1n) is 0.667. The fourth-order valence-corrected chi connectivity index (χ4v) is 0. The van der Waals surface area contributed by atoms with Gasteiger partial charge in [0, 0.05) is 10.4 Å². The van der Waals surface area contributed by atoms with Crippen molar-refractivity contribution < 1.29 is 48.9 Å². The number of hydrogen-bond donors (Lipinski definition) is 0. The second kappa shape index (κ2) is 12.7. The summed E-state index contributed by atoms with van der Waals surface area (Å²) in [7, 11) is -5.17. The normalized spacial score (nSPS) is 6.44. The Morgan fingerprint density at radius 2 is 1.00 bits per heavy atom. The summed E-state index contributed by atoms with van der Waals surface area (Å²) in [5.41, 5.74) is 0. The Morgan fingerprint density at radius 3 is 1.00 bits per heavy atom. The Kier molecular flexibility index (Phi) is 43.0. The third-order valence-corrected chi connectivity index (χ3v) is 0. The van der Waals surface area contributed by atoms with Crippen LogP contribution in [0.25, 0.3) is 0 Å². The van der Waals surface area contributed by atoms with E-state index >= 15 is 0 Å². The molecule has 0 radical (unpaired) electrons. The molecule has 0 bridgehead atoms. The summed E-state index contributed by atoms with van der Waals surface area (Å²) in [6.07, 6.45) is 0. The molecule has 0 rings (SSSR count). The Balaban J connectivity index is -0.0000000133. The van der Waals surface area contributed by atoms with Crippen LogP contribution in [0.4, 0.5) is 0 Å². The average Bonchev–Trinajstić information content (AvgIpc) is 0.722. The van der Waals surface area contributed by atoms with Crippen LogP contribution >= 0.6 is 0 Å². The average molecular weight is 374 g/mol. The maximum Gasteiger partial charge on any atom is 2.00 e. The fourth-order valence-electron chi connectivity index (χ4n) is 0. The smallest absolute Gasteiger partial charge is 0.870 e. The summed E-state index contributed by atoms with van der Waals surface area (Å²) in [5, 5.41) is 0. The first kappa shape index (κ1) is 30.5. The molecule has 9 heteroatoms. The van der Waals surface area contributed by atoms with Crippen molar-refractivity contribution in [3.63, 3.8) is 0 Å². The van der Waals surface area contributed by atoms with Crippen molar-refractivity contribution >= 4 is 59.3 Å². The van der Waals surface area contributed by atoms with Crippen LogP contribution in [0.15, 0.2) is 0 Å². The predicted octanol–water partition coefficient (Wildman–Crippen LogP) is -2.07. The summed E-state index contributed by atoms with van der Waals surface area (Å²) in [6, 6.07) is 0. The Labute approximate surface area is 106 Å². The largest absolute Gasteiger partial charge is 2.00 e. The van der Waals surface area contributed by atoms with Gasteiger partial charge in [-0.05, 0) is 0 Å². The molecule has 0 saturated heterocycles. The van der Waals surface area contributed by atoms with Crippen LogP contribution < -0.4 is 0 Å². The van der Waals surface area contributed by atoms with Crippen LogP contribution in [0.3, 0.4) is 0 Å². The van der Waals surface area contributed by atoms with E-state index in [0.717, 1.165) is 0 Å². The molecule has 9 heavy (non-hydrogen) atoms. The van der Waals surface area contributed by atoms with Gasteiger partial charge in [-0.25, -0.2) is 0 Å². The Morgan fingerprint density at radius 1 is 1.00 bits per heavy atom. The molecule has 0 aliphatic carbocycles. The molecule has 0 fully saturated rings. The van der Waals surface area contributed by atoms with Gasteiger partial charge >= 0.3 is 69.3 Å². The Hall–Kier alpha value is 2.02. The van der Waals surface area contributed by atoms with Gasteiger partial charge in [-0.2, -0.15) is 0 Å². The minimum atomic E-state index is -5.17. The molecule has 0 aromatic carbocycles. The maximum atomic E-state index is 8.52. The van der Waals surface area contributed by atoms with Gasteiger partial charge in [-0.15, -0.1) is 0 Å². The van der Waals surface area contributed by atoms with Gasteiger partial charge in [0.15, 0.2) is 0 Å². The molecule has 0 saturated carbocycles. The Bertz CT molecular complexity index is 96.2. The quantitative estimate of drug-likeness (QED) is 0.271. The fraction of sp³-hybridized carbons (Fsp3) is 0. The van der Waals surface area contributed by atoms with Gasteiger partial charge in [-0.3, -0.25) is 8.42 Å². The van der Waals surface area contributed by atoms with Crippen LogP contribution in [0.1, 0.15) is 0 Å². The molecule has 2 N–H and O–H groups in total. The molecule has 0 amide bonds. The molecule has 0 aromatic rings. The van der Waals surface area contributed by atoms with Gasteiger partial charge < -0.3 is 20.1 Å². The molecule has 0 aromatic heterocycles. The molecule has 0 spiro atoms. The van der Waals surface area contributed by atoms with Crippen molar-refractivity contribution in [1.29, 1.82) is 0 Å². The minimum Gasteiger partial charge on any atom is -0.870 e. The van der Waals surface area contributed by atoms with Crippen molar-refractivity contribution in [1.82, 2.24) is 0 Å².